The molecule has 2 amide bonds. The fourth-order valence-electron chi connectivity index (χ4n) is 3.53. The summed E-state index contributed by atoms with van der Waals surface area (Å²) in [6.45, 7) is 2.90. The van der Waals surface area contributed by atoms with E-state index in [1.807, 2.05) is 17.0 Å². The average Bonchev–Trinajstić information content (AvgIpc) is 3.20. The molecule has 2 unspecified atom stereocenters. The zero-order valence-electron chi connectivity index (χ0n) is 15.3. The van der Waals surface area contributed by atoms with Crippen LogP contribution in [0.3, 0.4) is 0 Å². The van der Waals surface area contributed by atoms with Crippen LogP contribution in [-0.2, 0) is 9.59 Å². The predicted octanol–water partition coefficient (Wildman–Crippen LogP) is 2.25. The van der Waals surface area contributed by atoms with Gasteiger partial charge in [0.1, 0.15) is 5.75 Å². The van der Waals surface area contributed by atoms with Crippen molar-refractivity contribution in [2.75, 3.05) is 32.8 Å². The van der Waals surface area contributed by atoms with E-state index in [2.05, 4.69) is 10.6 Å². The van der Waals surface area contributed by atoms with E-state index in [1.54, 1.807) is 12.1 Å². The van der Waals surface area contributed by atoms with Crippen molar-refractivity contribution >= 4 is 35.8 Å². The van der Waals surface area contributed by atoms with Crippen LogP contribution in [0.1, 0.15) is 25.7 Å². The molecular weight excluding hydrogens is 389 g/mol. The van der Waals surface area contributed by atoms with Gasteiger partial charge in [-0.1, -0.05) is 23.7 Å². The van der Waals surface area contributed by atoms with Crippen LogP contribution in [-0.4, -0.2) is 55.5 Å². The number of carbonyl (C=O) groups is 2. The zero-order chi connectivity index (χ0) is 18.4. The minimum Gasteiger partial charge on any atom is -0.482 e. The molecule has 1 aromatic rings. The Morgan fingerprint density at radius 2 is 2.07 bits per heavy atom. The number of likely N-dealkylation sites (tertiary alicyclic amines) is 1. The van der Waals surface area contributed by atoms with Gasteiger partial charge >= 0.3 is 0 Å². The van der Waals surface area contributed by atoms with Crippen molar-refractivity contribution in [1.82, 2.24) is 15.5 Å². The molecule has 2 saturated heterocycles. The van der Waals surface area contributed by atoms with E-state index in [4.69, 9.17) is 16.3 Å². The topological polar surface area (TPSA) is 70.7 Å². The van der Waals surface area contributed by atoms with Gasteiger partial charge in [-0.15, -0.1) is 12.4 Å². The highest BCUT2D eigenvalue weighted by Crippen LogP contribution is 2.23. The Hall–Kier alpha value is -1.50. The number of ether oxygens (including phenoxy) is 1. The van der Waals surface area contributed by atoms with Crippen molar-refractivity contribution < 1.29 is 14.3 Å². The number of nitrogens with one attached hydrogen (secondary N) is 2. The molecule has 3 rings (SSSR count). The molecule has 1 aromatic carbocycles. The van der Waals surface area contributed by atoms with Gasteiger partial charge in [0.2, 0.25) is 5.91 Å². The normalized spacial score (nSPS) is 22.0. The highest BCUT2D eigenvalue weighted by atomic mass is 35.5. The van der Waals surface area contributed by atoms with Crippen molar-refractivity contribution in [2.45, 2.75) is 31.7 Å². The maximum Gasteiger partial charge on any atom is 0.260 e. The number of para-hydroxylation sites is 1. The van der Waals surface area contributed by atoms with Crippen LogP contribution < -0.4 is 15.4 Å². The maximum atomic E-state index is 12.4. The molecule has 2 aliphatic heterocycles. The van der Waals surface area contributed by atoms with E-state index in [0.29, 0.717) is 29.8 Å². The Kier molecular flexibility index (Phi) is 8.67. The summed E-state index contributed by atoms with van der Waals surface area (Å²) >= 11 is 6.05. The molecule has 27 heavy (non-hydrogen) atoms. The third-order valence-electron chi connectivity index (χ3n) is 5.00. The zero-order valence-corrected chi connectivity index (χ0v) is 16.9. The summed E-state index contributed by atoms with van der Waals surface area (Å²) in [5.41, 5.74) is 0. The van der Waals surface area contributed by atoms with Crippen LogP contribution in [0.4, 0.5) is 0 Å². The maximum absolute atomic E-state index is 12.4. The van der Waals surface area contributed by atoms with Gasteiger partial charge in [-0.3, -0.25) is 9.59 Å². The first kappa shape index (κ1) is 21.8. The standard InChI is InChI=1S/C19H26ClN3O3.ClH/c20-15-6-1-2-8-17(15)26-13-18(24)23-10-4-5-14(12-23)11-22-19(25)16-7-3-9-21-16;/h1-2,6,8,14,16,21H,3-5,7,9-13H2,(H,22,25);1H. The Balaban J connectivity index is 0.00000261. The van der Waals surface area contributed by atoms with Crippen molar-refractivity contribution in [3.8, 4) is 5.75 Å². The molecule has 0 spiro atoms. The molecule has 0 saturated carbocycles. The summed E-state index contributed by atoms with van der Waals surface area (Å²) in [6.07, 6.45) is 3.92. The summed E-state index contributed by atoms with van der Waals surface area (Å²) in [4.78, 5) is 26.4. The SMILES string of the molecule is Cl.O=C(NCC1CCCN(C(=O)COc2ccccc2Cl)C1)C1CCCN1. The minimum atomic E-state index is -0.0552. The first-order chi connectivity index (χ1) is 12.6. The summed E-state index contributed by atoms with van der Waals surface area (Å²) in [5.74, 6) is 0.845. The van der Waals surface area contributed by atoms with E-state index in [1.165, 1.54) is 0 Å². The van der Waals surface area contributed by atoms with Crippen LogP contribution in [0.25, 0.3) is 0 Å². The van der Waals surface area contributed by atoms with E-state index in [9.17, 15) is 9.59 Å². The van der Waals surface area contributed by atoms with Crippen molar-refractivity contribution in [2.24, 2.45) is 5.92 Å². The van der Waals surface area contributed by atoms with Gasteiger partial charge in [0.05, 0.1) is 11.1 Å². The lowest BCUT2D eigenvalue weighted by Crippen LogP contribution is -2.47. The lowest BCUT2D eigenvalue weighted by atomic mass is 9.97. The van der Waals surface area contributed by atoms with E-state index in [0.717, 1.165) is 38.8 Å². The molecule has 2 aliphatic rings. The van der Waals surface area contributed by atoms with Gasteiger partial charge in [-0.25, -0.2) is 0 Å². The molecule has 150 valence electrons. The molecule has 0 aliphatic carbocycles. The van der Waals surface area contributed by atoms with Crippen LogP contribution >= 0.6 is 24.0 Å². The highest BCUT2D eigenvalue weighted by Gasteiger charge is 2.26. The smallest absolute Gasteiger partial charge is 0.260 e. The van der Waals surface area contributed by atoms with Gasteiger partial charge in [-0.2, -0.15) is 0 Å². The molecule has 6 nitrogen and oxygen atoms in total. The second-order valence-electron chi connectivity index (χ2n) is 6.96. The van der Waals surface area contributed by atoms with Gasteiger partial charge < -0.3 is 20.3 Å². The van der Waals surface area contributed by atoms with Crippen molar-refractivity contribution in [1.29, 1.82) is 0 Å². The predicted molar refractivity (Wildman–Crippen MR) is 108 cm³/mol. The first-order valence-corrected chi connectivity index (χ1v) is 9.67. The third-order valence-corrected chi connectivity index (χ3v) is 5.31. The van der Waals surface area contributed by atoms with E-state index in [-0.39, 0.29) is 36.9 Å². The molecular formula is C19H27Cl2N3O3. The largest absolute Gasteiger partial charge is 0.482 e. The van der Waals surface area contributed by atoms with Crippen LogP contribution in [0.2, 0.25) is 5.02 Å². The second-order valence-corrected chi connectivity index (χ2v) is 7.37. The molecule has 2 N–H and O–H groups in total. The Labute approximate surface area is 171 Å². The van der Waals surface area contributed by atoms with Gasteiger partial charge in [0.25, 0.3) is 5.91 Å². The molecule has 0 aromatic heterocycles. The van der Waals surface area contributed by atoms with Gasteiger partial charge in [-0.05, 0) is 50.3 Å². The quantitative estimate of drug-likeness (QED) is 0.747. The number of carbonyl (C=O) groups excluding carboxylic acids is 2. The average molecular weight is 416 g/mol. The van der Waals surface area contributed by atoms with E-state index >= 15 is 0 Å². The summed E-state index contributed by atoms with van der Waals surface area (Å²) in [6, 6.07) is 7.08. The number of amides is 2. The second kappa shape index (κ2) is 10.7. The molecule has 0 radical (unpaired) electrons. The number of hydrogen-bond acceptors (Lipinski definition) is 4. The van der Waals surface area contributed by atoms with Gasteiger partial charge in [0, 0.05) is 19.6 Å². The monoisotopic (exact) mass is 415 g/mol. The summed E-state index contributed by atoms with van der Waals surface area (Å²) < 4.78 is 5.55. The minimum absolute atomic E-state index is 0. The third kappa shape index (κ3) is 6.26. The van der Waals surface area contributed by atoms with Gasteiger partial charge in [0.15, 0.2) is 6.61 Å². The van der Waals surface area contributed by atoms with Crippen LogP contribution in [0.5, 0.6) is 5.75 Å². The number of halogens is 2. The molecule has 8 heteroatoms. The number of benzene rings is 1. The van der Waals surface area contributed by atoms with Crippen molar-refractivity contribution in [3.63, 3.8) is 0 Å². The first-order valence-electron chi connectivity index (χ1n) is 9.29. The van der Waals surface area contributed by atoms with Crippen LogP contribution in [0.15, 0.2) is 24.3 Å². The number of nitrogens with zero attached hydrogens (tertiary/aromatic N) is 1. The van der Waals surface area contributed by atoms with E-state index < -0.39 is 0 Å². The van der Waals surface area contributed by atoms with Crippen molar-refractivity contribution in [3.05, 3.63) is 29.3 Å². The lowest BCUT2D eigenvalue weighted by Gasteiger charge is -2.33. The Bertz CT molecular complexity index is 638. The molecule has 2 heterocycles. The lowest BCUT2D eigenvalue weighted by molar-refractivity contribution is -0.135. The Morgan fingerprint density at radius 1 is 1.26 bits per heavy atom. The fraction of sp³-hybridized carbons (Fsp3) is 0.579. The molecule has 2 atom stereocenters. The Morgan fingerprint density at radius 3 is 2.81 bits per heavy atom. The highest BCUT2D eigenvalue weighted by molar-refractivity contribution is 6.32. The molecule has 0 bridgehead atoms. The molecule has 2 fully saturated rings. The fourth-order valence-corrected chi connectivity index (χ4v) is 3.72. The summed E-state index contributed by atoms with van der Waals surface area (Å²) in [5, 5.41) is 6.74. The van der Waals surface area contributed by atoms with Crippen LogP contribution in [0, 0.1) is 5.92 Å². The number of piperidine rings is 1. The summed E-state index contributed by atoms with van der Waals surface area (Å²) in [7, 11) is 0. The number of rotatable bonds is 6. The number of hydrogen-bond donors (Lipinski definition) is 2.